The fraction of sp³-hybridized carbons (Fsp3) is 0.600. The molecule has 1 amide bonds. The summed E-state index contributed by atoms with van der Waals surface area (Å²) in [5.74, 6) is 1.02. The van der Waals surface area contributed by atoms with Crippen molar-refractivity contribution in [2.24, 2.45) is 7.05 Å². The number of anilines is 1. The molecular formula is C25H35N5O. The Bertz CT molecular complexity index is 908. The summed E-state index contributed by atoms with van der Waals surface area (Å²) in [7, 11) is 1.94. The zero-order valence-electron chi connectivity index (χ0n) is 18.8. The van der Waals surface area contributed by atoms with Crippen molar-refractivity contribution in [3.05, 3.63) is 47.5 Å². The highest BCUT2D eigenvalue weighted by Gasteiger charge is 2.26. The molecule has 2 aliphatic heterocycles. The van der Waals surface area contributed by atoms with Crippen LogP contribution in [0.15, 0.2) is 30.6 Å². The normalized spacial score (nSPS) is 20.7. The summed E-state index contributed by atoms with van der Waals surface area (Å²) in [6.07, 6.45) is 12.0. The molecule has 0 bridgehead atoms. The van der Waals surface area contributed by atoms with Gasteiger partial charge in [0.05, 0.1) is 6.42 Å². The van der Waals surface area contributed by atoms with Crippen molar-refractivity contribution in [3.63, 3.8) is 0 Å². The Hall–Kier alpha value is -2.34. The van der Waals surface area contributed by atoms with E-state index >= 15 is 0 Å². The largest absolute Gasteiger partial charge is 0.368 e. The fourth-order valence-electron chi connectivity index (χ4n) is 5.59. The van der Waals surface area contributed by atoms with Crippen molar-refractivity contribution in [2.45, 2.75) is 51.0 Å². The molecular weight excluding hydrogens is 386 g/mol. The number of piperazine rings is 1. The number of benzene rings is 1. The molecule has 1 aromatic heterocycles. The molecule has 5 rings (SSSR count). The monoisotopic (exact) mass is 421 g/mol. The van der Waals surface area contributed by atoms with Crippen LogP contribution >= 0.6 is 0 Å². The molecule has 0 spiro atoms. The van der Waals surface area contributed by atoms with Crippen LogP contribution in [0.1, 0.15) is 42.6 Å². The van der Waals surface area contributed by atoms with Crippen LogP contribution in [0.25, 0.3) is 0 Å². The molecule has 6 heteroatoms. The van der Waals surface area contributed by atoms with Crippen molar-refractivity contribution in [1.29, 1.82) is 0 Å². The van der Waals surface area contributed by atoms with Crippen molar-refractivity contribution in [1.82, 2.24) is 19.4 Å². The molecule has 166 valence electrons. The lowest BCUT2D eigenvalue weighted by Gasteiger charge is -2.36. The van der Waals surface area contributed by atoms with Crippen LogP contribution in [0.4, 0.5) is 5.69 Å². The van der Waals surface area contributed by atoms with Gasteiger partial charge in [-0.2, -0.15) is 0 Å². The second-order valence-corrected chi connectivity index (χ2v) is 9.43. The van der Waals surface area contributed by atoms with Gasteiger partial charge in [0.25, 0.3) is 0 Å². The highest BCUT2D eigenvalue weighted by molar-refractivity contribution is 5.78. The number of aromatic nitrogens is 2. The summed E-state index contributed by atoms with van der Waals surface area (Å²) in [6, 6.07) is 7.92. The van der Waals surface area contributed by atoms with E-state index < -0.39 is 0 Å². The Morgan fingerprint density at radius 3 is 2.45 bits per heavy atom. The van der Waals surface area contributed by atoms with Crippen molar-refractivity contribution in [2.75, 3.05) is 44.2 Å². The van der Waals surface area contributed by atoms with Crippen LogP contribution in [-0.2, 0) is 31.1 Å². The van der Waals surface area contributed by atoms with Gasteiger partial charge in [-0.3, -0.25) is 9.69 Å². The van der Waals surface area contributed by atoms with Gasteiger partial charge in [0.1, 0.15) is 5.82 Å². The van der Waals surface area contributed by atoms with Gasteiger partial charge >= 0.3 is 0 Å². The van der Waals surface area contributed by atoms with Crippen LogP contribution in [0.2, 0.25) is 0 Å². The summed E-state index contributed by atoms with van der Waals surface area (Å²) in [6.45, 7) is 5.80. The smallest absolute Gasteiger partial charge is 0.230 e. The van der Waals surface area contributed by atoms with Crippen LogP contribution in [0.5, 0.6) is 0 Å². The molecule has 6 nitrogen and oxygen atoms in total. The van der Waals surface area contributed by atoms with E-state index in [1.807, 2.05) is 22.7 Å². The average molecular weight is 422 g/mol. The standard InChI is InChI=1S/C25H35N5O/c1-27-13-10-26-24(27)19-25(31)30-16-14-29(15-17-30)23-7-6-20-8-11-28(12-9-21(20)18-23)22-4-2-3-5-22/h6-7,10,13,18,22H,2-5,8-9,11-12,14-17,19H2,1H3. The first-order valence-electron chi connectivity index (χ1n) is 12.0. The average Bonchev–Trinajstić information content (AvgIpc) is 3.42. The summed E-state index contributed by atoms with van der Waals surface area (Å²) in [5, 5.41) is 0. The minimum atomic E-state index is 0.183. The fourth-order valence-corrected chi connectivity index (χ4v) is 5.59. The summed E-state index contributed by atoms with van der Waals surface area (Å²) >= 11 is 0. The summed E-state index contributed by atoms with van der Waals surface area (Å²) in [4.78, 5) is 24.2. The van der Waals surface area contributed by atoms with Crippen LogP contribution in [0.3, 0.4) is 0 Å². The molecule has 0 unspecified atom stereocenters. The predicted octanol–water partition coefficient (Wildman–Crippen LogP) is 2.65. The van der Waals surface area contributed by atoms with Gasteiger partial charge in [0, 0.05) is 70.4 Å². The number of carbonyl (C=O) groups excluding carboxylic acids is 1. The number of aryl methyl sites for hydroxylation is 1. The molecule has 0 radical (unpaired) electrons. The van der Waals surface area contributed by atoms with Crippen molar-refractivity contribution < 1.29 is 4.79 Å². The maximum atomic E-state index is 12.7. The molecule has 31 heavy (non-hydrogen) atoms. The molecule has 0 atom stereocenters. The Morgan fingerprint density at radius 1 is 1.00 bits per heavy atom. The Morgan fingerprint density at radius 2 is 1.74 bits per heavy atom. The number of rotatable bonds is 4. The second kappa shape index (κ2) is 9.03. The zero-order chi connectivity index (χ0) is 21.2. The molecule has 1 saturated heterocycles. The molecule has 2 fully saturated rings. The van der Waals surface area contributed by atoms with Gasteiger partial charge in [-0.05, 0) is 48.9 Å². The van der Waals surface area contributed by atoms with Crippen LogP contribution in [0, 0.1) is 0 Å². The summed E-state index contributed by atoms with van der Waals surface area (Å²) in [5.41, 5.74) is 4.39. The SMILES string of the molecule is Cn1ccnc1CC(=O)N1CCN(c2ccc3c(c2)CCN(C2CCCC2)CC3)CC1. The molecule has 1 aromatic carbocycles. The number of hydrogen-bond acceptors (Lipinski definition) is 4. The zero-order valence-corrected chi connectivity index (χ0v) is 18.8. The lowest BCUT2D eigenvalue weighted by molar-refractivity contribution is -0.130. The third kappa shape index (κ3) is 4.49. The lowest BCUT2D eigenvalue weighted by atomic mass is 10.0. The highest BCUT2D eigenvalue weighted by Crippen LogP contribution is 2.28. The maximum absolute atomic E-state index is 12.7. The predicted molar refractivity (Wildman–Crippen MR) is 123 cm³/mol. The third-order valence-electron chi connectivity index (χ3n) is 7.60. The van der Waals surface area contributed by atoms with Crippen LogP contribution in [-0.4, -0.2) is 70.6 Å². The van der Waals surface area contributed by atoms with Gasteiger partial charge < -0.3 is 14.4 Å². The second-order valence-electron chi connectivity index (χ2n) is 9.43. The van der Waals surface area contributed by atoms with E-state index in [0.717, 1.165) is 38.0 Å². The molecule has 1 saturated carbocycles. The Kier molecular flexibility index (Phi) is 5.99. The first kappa shape index (κ1) is 20.6. The van der Waals surface area contributed by atoms with Gasteiger partial charge in [-0.15, -0.1) is 0 Å². The Balaban J connectivity index is 1.18. The quantitative estimate of drug-likeness (QED) is 0.761. The van der Waals surface area contributed by atoms with Crippen LogP contribution < -0.4 is 4.90 Å². The van der Waals surface area contributed by atoms with E-state index in [0.29, 0.717) is 6.42 Å². The molecule has 0 N–H and O–H groups in total. The van der Waals surface area contributed by atoms with E-state index in [1.54, 1.807) is 6.20 Å². The first-order chi connectivity index (χ1) is 15.2. The minimum Gasteiger partial charge on any atom is -0.368 e. The number of carbonyl (C=O) groups is 1. The number of nitrogens with zero attached hydrogens (tertiary/aromatic N) is 5. The maximum Gasteiger partial charge on any atom is 0.230 e. The summed E-state index contributed by atoms with van der Waals surface area (Å²) < 4.78 is 1.93. The van der Waals surface area contributed by atoms with E-state index in [1.165, 1.54) is 68.4 Å². The Labute approximate surface area is 185 Å². The van der Waals surface area contributed by atoms with Gasteiger partial charge in [0.15, 0.2) is 0 Å². The number of imidazole rings is 1. The molecule has 3 aliphatic rings. The van der Waals surface area contributed by atoms with Gasteiger partial charge in [-0.25, -0.2) is 4.98 Å². The van der Waals surface area contributed by atoms with E-state index in [4.69, 9.17) is 0 Å². The van der Waals surface area contributed by atoms with Gasteiger partial charge in [0.2, 0.25) is 5.91 Å². The highest BCUT2D eigenvalue weighted by atomic mass is 16.2. The van der Waals surface area contributed by atoms with E-state index in [9.17, 15) is 4.79 Å². The van der Waals surface area contributed by atoms with Crippen molar-refractivity contribution in [3.8, 4) is 0 Å². The van der Waals surface area contributed by atoms with Crippen molar-refractivity contribution >= 4 is 11.6 Å². The number of fused-ring (bicyclic) bond motifs is 1. The molecule has 1 aliphatic carbocycles. The molecule has 2 aromatic rings. The van der Waals surface area contributed by atoms with Gasteiger partial charge in [-0.1, -0.05) is 18.9 Å². The number of hydrogen-bond donors (Lipinski definition) is 0. The topological polar surface area (TPSA) is 44.6 Å². The lowest BCUT2D eigenvalue weighted by Crippen LogP contribution is -2.49. The minimum absolute atomic E-state index is 0.183. The first-order valence-corrected chi connectivity index (χ1v) is 12.0. The van der Waals surface area contributed by atoms with E-state index in [-0.39, 0.29) is 5.91 Å². The third-order valence-corrected chi connectivity index (χ3v) is 7.60. The van der Waals surface area contributed by atoms with E-state index in [2.05, 4.69) is 33.0 Å². The number of amides is 1. The molecule has 3 heterocycles.